The van der Waals surface area contributed by atoms with Gasteiger partial charge in [0, 0.05) is 12.8 Å². The fourth-order valence-corrected chi connectivity index (χ4v) is 8.04. The molecule has 0 saturated carbocycles. The number of likely N-dealkylation sites (N-methyl/N-ethyl adjacent to an activating group) is 1. The predicted molar refractivity (Wildman–Crippen MR) is 282 cm³/mol. The molecule has 0 aliphatic rings. The third-order valence-corrected chi connectivity index (χ3v) is 12.5. The molecular weight excluding hydrogens is 858 g/mol. The first-order chi connectivity index (χ1) is 32.5. The van der Waals surface area contributed by atoms with Crippen LogP contribution in [-0.4, -0.2) is 70.0 Å². The van der Waals surface area contributed by atoms with Gasteiger partial charge in [0.2, 0.25) is 0 Å². The highest BCUT2D eigenvalue weighted by Crippen LogP contribution is 2.38. The van der Waals surface area contributed by atoms with Crippen molar-refractivity contribution in [1.29, 1.82) is 0 Å². The molecule has 0 radical (unpaired) electrons. The van der Waals surface area contributed by atoms with E-state index in [1.165, 1.54) is 96.3 Å². The van der Waals surface area contributed by atoms with Gasteiger partial charge in [-0.15, -0.1) is 0 Å². The lowest BCUT2D eigenvalue weighted by Gasteiger charge is -2.28. The van der Waals surface area contributed by atoms with Crippen molar-refractivity contribution < 1.29 is 42.1 Å². The third-order valence-electron chi connectivity index (χ3n) is 11.5. The van der Waals surface area contributed by atoms with Gasteiger partial charge in [-0.2, -0.15) is 0 Å². The van der Waals surface area contributed by atoms with E-state index in [0.29, 0.717) is 17.4 Å². The summed E-state index contributed by atoms with van der Waals surface area (Å²) in [5, 5.41) is 0. The van der Waals surface area contributed by atoms with Gasteiger partial charge < -0.3 is 27.9 Å². The number of esters is 2. The molecule has 2 atom stereocenters. The normalized spacial score (nSPS) is 13.9. The van der Waals surface area contributed by atoms with Gasteiger partial charge >= 0.3 is 11.9 Å². The highest BCUT2D eigenvalue weighted by atomic mass is 31.2. The average Bonchev–Trinajstić information content (AvgIpc) is 3.29. The highest BCUT2D eigenvalue weighted by Gasteiger charge is 2.21. The number of hydrogen-bond donors (Lipinski definition) is 0. The van der Waals surface area contributed by atoms with Crippen molar-refractivity contribution in [3.05, 3.63) is 72.9 Å². The van der Waals surface area contributed by atoms with E-state index in [0.717, 1.165) is 96.3 Å². The summed E-state index contributed by atoms with van der Waals surface area (Å²) in [6.45, 7) is 4.12. The molecule has 0 heterocycles. The number of nitrogens with zero attached hydrogens (tertiary/aromatic N) is 1. The first-order valence-corrected chi connectivity index (χ1v) is 28.6. The lowest BCUT2D eigenvalue weighted by Crippen LogP contribution is -2.37. The summed E-state index contributed by atoms with van der Waals surface area (Å²) in [5.41, 5.74) is 0. The maximum Gasteiger partial charge on any atom is 0.306 e. The van der Waals surface area contributed by atoms with Gasteiger partial charge in [-0.05, 0) is 64.2 Å². The number of hydrogen-bond acceptors (Lipinski definition) is 8. The topological polar surface area (TPSA) is 111 Å². The second-order valence-corrected chi connectivity index (χ2v) is 20.6. The summed E-state index contributed by atoms with van der Waals surface area (Å²) in [5.74, 6) is -0.847. The number of carbonyl (C=O) groups excluding carboxylic acids is 2. The van der Waals surface area contributed by atoms with E-state index in [1.54, 1.807) is 0 Å². The molecule has 0 N–H and O–H groups in total. The predicted octanol–water partition coefficient (Wildman–Crippen LogP) is 15.9. The molecular formula is C57H102NO8P. The van der Waals surface area contributed by atoms with Crippen molar-refractivity contribution in [3.8, 4) is 0 Å². The minimum absolute atomic E-state index is 0.0361. The van der Waals surface area contributed by atoms with Crippen LogP contribution < -0.4 is 4.89 Å². The zero-order valence-electron chi connectivity index (χ0n) is 43.8. The van der Waals surface area contributed by atoms with Crippen molar-refractivity contribution in [2.24, 2.45) is 0 Å². The Bertz CT molecular complexity index is 1360. The smallest absolute Gasteiger partial charge is 0.306 e. The van der Waals surface area contributed by atoms with E-state index in [2.05, 4.69) is 86.8 Å². The maximum absolute atomic E-state index is 12.8. The number of phosphoric acid groups is 1. The number of quaternary nitrogens is 1. The van der Waals surface area contributed by atoms with Gasteiger partial charge in [-0.25, -0.2) is 0 Å². The Hall–Kier alpha value is -2.55. The van der Waals surface area contributed by atoms with Gasteiger partial charge in [0.1, 0.15) is 19.8 Å². The summed E-state index contributed by atoms with van der Waals surface area (Å²) < 4.78 is 34.1. The first-order valence-electron chi connectivity index (χ1n) is 27.1. The molecule has 0 amide bonds. The van der Waals surface area contributed by atoms with E-state index in [9.17, 15) is 19.0 Å². The molecule has 0 aromatic carbocycles. The van der Waals surface area contributed by atoms with Crippen LogP contribution in [0.4, 0.5) is 0 Å². The average molecular weight is 960 g/mol. The molecule has 0 aromatic heterocycles. The minimum Gasteiger partial charge on any atom is -0.756 e. The Kier molecular flexibility index (Phi) is 46.6. The van der Waals surface area contributed by atoms with E-state index in [1.807, 2.05) is 21.1 Å². The lowest BCUT2D eigenvalue weighted by atomic mass is 10.0. The van der Waals surface area contributed by atoms with Gasteiger partial charge in [-0.3, -0.25) is 14.2 Å². The van der Waals surface area contributed by atoms with E-state index in [4.69, 9.17) is 18.5 Å². The second-order valence-electron chi connectivity index (χ2n) is 19.2. The number of rotatable bonds is 49. The quantitative estimate of drug-likeness (QED) is 0.0195. The Morgan fingerprint density at radius 2 is 0.851 bits per heavy atom. The molecule has 0 aromatic rings. The monoisotopic (exact) mass is 960 g/mol. The van der Waals surface area contributed by atoms with Crippen molar-refractivity contribution in [2.75, 3.05) is 47.5 Å². The molecule has 388 valence electrons. The Morgan fingerprint density at radius 1 is 0.478 bits per heavy atom. The van der Waals surface area contributed by atoms with Gasteiger partial charge in [0.25, 0.3) is 7.82 Å². The van der Waals surface area contributed by atoms with Crippen molar-refractivity contribution in [1.82, 2.24) is 0 Å². The van der Waals surface area contributed by atoms with Gasteiger partial charge in [0.15, 0.2) is 6.10 Å². The summed E-state index contributed by atoms with van der Waals surface area (Å²) in [6, 6.07) is 0. The van der Waals surface area contributed by atoms with E-state index in [-0.39, 0.29) is 32.0 Å². The molecule has 0 bridgehead atoms. The van der Waals surface area contributed by atoms with Crippen molar-refractivity contribution in [2.45, 2.75) is 232 Å². The molecule has 0 aliphatic carbocycles. The lowest BCUT2D eigenvalue weighted by molar-refractivity contribution is -0.870. The van der Waals surface area contributed by atoms with Crippen molar-refractivity contribution >= 4 is 19.8 Å². The molecule has 0 rings (SSSR count). The van der Waals surface area contributed by atoms with Crippen LogP contribution in [0.1, 0.15) is 226 Å². The van der Waals surface area contributed by atoms with Crippen LogP contribution >= 0.6 is 7.82 Å². The van der Waals surface area contributed by atoms with Crippen LogP contribution in [0.25, 0.3) is 0 Å². The standard InChI is InChI=1S/C57H102NO8P/c1-6-8-10-12-14-16-18-20-22-24-26-27-28-29-30-31-32-34-36-38-40-42-44-46-48-50-57(60)66-55(54-65-67(61,62)64-52-51-58(3,4)5)53-63-56(59)49-47-45-43-41-39-37-35-33-25-23-21-19-17-15-13-11-9-7-2/h8,10,14,16,20,22,26-27,29-30,32,34,55H,6-7,9,11-13,15,17-19,21,23-25,28,31,33,35-54H2,1-5H3/b10-8-,16-14-,22-20-,27-26-,30-29-,34-32-. The Labute approximate surface area is 412 Å². The third kappa shape index (κ3) is 52.7. The number of ether oxygens (including phenoxy) is 2. The summed E-state index contributed by atoms with van der Waals surface area (Å²) in [4.78, 5) is 37.8. The summed E-state index contributed by atoms with van der Waals surface area (Å²) in [6.07, 6.45) is 62.2. The van der Waals surface area contributed by atoms with E-state index < -0.39 is 26.5 Å². The zero-order chi connectivity index (χ0) is 49.2. The molecule has 0 saturated heterocycles. The molecule has 2 unspecified atom stereocenters. The SMILES string of the molecule is CC/C=C\C/C=C\C/C=C\C/C=C\C/C=C\C/C=C\CCCCCCCCC(=O)OC(COC(=O)CCCCCCCCCCCCCCCCCCCC)COP(=O)([O-])OCC[N+](C)(C)C. The van der Waals surface area contributed by atoms with Crippen LogP contribution in [0.15, 0.2) is 72.9 Å². The first kappa shape index (κ1) is 64.5. The van der Waals surface area contributed by atoms with Crippen LogP contribution in [0.2, 0.25) is 0 Å². The maximum atomic E-state index is 12.8. The van der Waals surface area contributed by atoms with E-state index >= 15 is 0 Å². The molecule has 9 nitrogen and oxygen atoms in total. The largest absolute Gasteiger partial charge is 0.756 e. The highest BCUT2D eigenvalue weighted by molar-refractivity contribution is 7.45. The molecule has 10 heteroatoms. The summed E-state index contributed by atoms with van der Waals surface area (Å²) >= 11 is 0. The van der Waals surface area contributed by atoms with Crippen LogP contribution in [0.3, 0.4) is 0 Å². The van der Waals surface area contributed by atoms with Crippen LogP contribution in [0.5, 0.6) is 0 Å². The van der Waals surface area contributed by atoms with Crippen molar-refractivity contribution in [3.63, 3.8) is 0 Å². The second kappa shape index (κ2) is 48.5. The Morgan fingerprint density at radius 3 is 1.27 bits per heavy atom. The van der Waals surface area contributed by atoms with Crippen LogP contribution in [-0.2, 0) is 32.7 Å². The zero-order valence-corrected chi connectivity index (χ0v) is 44.7. The fraction of sp³-hybridized carbons (Fsp3) is 0.754. The number of allylic oxidation sites excluding steroid dienone is 12. The molecule has 0 spiro atoms. The minimum atomic E-state index is -4.64. The summed E-state index contributed by atoms with van der Waals surface area (Å²) in [7, 11) is 1.15. The number of phosphoric ester groups is 1. The number of carbonyl (C=O) groups is 2. The fourth-order valence-electron chi connectivity index (χ4n) is 7.31. The van der Waals surface area contributed by atoms with Gasteiger partial charge in [0.05, 0.1) is 27.7 Å². The molecule has 0 fully saturated rings. The molecule has 0 aliphatic heterocycles. The van der Waals surface area contributed by atoms with Crippen LogP contribution in [0, 0.1) is 0 Å². The Balaban J connectivity index is 4.26. The van der Waals surface area contributed by atoms with Gasteiger partial charge in [-0.1, -0.05) is 222 Å². The molecule has 67 heavy (non-hydrogen) atoms. The number of unbranched alkanes of at least 4 members (excludes halogenated alkanes) is 23.